The highest BCUT2D eigenvalue weighted by Crippen LogP contribution is 2.54. The monoisotopic (exact) mass is 481 g/mol. The van der Waals surface area contributed by atoms with Crippen molar-refractivity contribution in [2.24, 2.45) is 5.41 Å². The lowest BCUT2D eigenvalue weighted by atomic mass is 9.57. The Kier molecular flexibility index (Phi) is 6.68. The average molecular weight is 482 g/mol. The zero-order valence-electron chi connectivity index (χ0n) is 22.0. The van der Waals surface area contributed by atoms with Gasteiger partial charge in [0.15, 0.2) is 0 Å². The molecule has 2 aromatic rings. The van der Waals surface area contributed by atoms with Gasteiger partial charge in [-0.15, -0.1) is 0 Å². The number of pyridine rings is 1. The van der Waals surface area contributed by atoms with E-state index in [1.165, 1.54) is 38.5 Å². The Morgan fingerprint density at radius 2 is 1.80 bits per heavy atom. The Morgan fingerprint density at radius 3 is 2.40 bits per heavy atom. The van der Waals surface area contributed by atoms with Gasteiger partial charge in [-0.2, -0.15) is 0 Å². The number of aromatic nitrogens is 3. The molecule has 35 heavy (non-hydrogen) atoms. The van der Waals surface area contributed by atoms with Gasteiger partial charge in [0, 0.05) is 30.5 Å². The van der Waals surface area contributed by atoms with Crippen molar-refractivity contribution in [2.45, 2.75) is 115 Å². The van der Waals surface area contributed by atoms with Gasteiger partial charge in [-0.05, 0) is 109 Å². The molecule has 7 heteroatoms. The minimum absolute atomic E-state index is 0.0408. The molecule has 4 aliphatic rings. The van der Waals surface area contributed by atoms with Crippen molar-refractivity contribution in [1.29, 1.82) is 0 Å². The van der Waals surface area contributed by atoms with Crippen LogP contribution in [0.25, 0.3) is 10.9 Å². The fourth-order valence-electron chi connectivity index (χ4n) is 6.91. The van der Waals surface area contributed by atoms with Crippen LogP contribution < -0.4 is 10.9 Å². The third-order valence-electron chi connectivity index (χ3n) is 9.79. The third kappa shape index (κ3) is 4.62. The summed E-state index contributed by atoms with van der Waals surface area (Å²) >= 11 is 0. The molecule has 2 N–H and O–H groups in total. The third-order valence-corrected chi connectivity index (χ3v) is 9.79. The molecule has 7 nitrogen and oxygen atoms in total. The molecule has 0 unspecified atom stereocenters. The second kappa shape index (κ2) is 9.47. The fraction of sp³-hybridized carbons (Fsp3) is 0.750. The van der Waals surface area contributed by atoms with Crippen molar-refractivity contribution in [3.8, 4) is 0 Å². The predicted octanol–water partition coefficient (Wildman–Crippen LogP) is 4.68. The second-order valence-corrected chi connectivity index (χ2v) is 12.1. The number of hydrogen-bond donors (Lipinski definition) is 2. The summed E-state index contributed by atoms with van der Waals surface area (Å²) in [5, 5.41) is 14.1. The standard InChI is InChI=1S/C28H43N5O2/c1-5-19(2)30-26-29-16-22-24(31-26)23(20-6-8-21(34)9-7-20)17-33(25(22)35)18-27-10-13-28(14-11-27,15-12-27)32(3)4/h16-17,19-21,34H,5-15,18H2,1-4H3,(H,29,30,31)/t19-,20-,21-,27?,28?/m0/s1. The zero-order valence-corrected chi connectivity index (χ0v) is 22.0. The van der Waals surface area contributed by atoms with Gasteiger partial charge < -0.3 is 19.9 Å². The van der Waals surface area contributed by atoms with Gasteiger partial charge in [0.05, 0.1) is 17.0 Å². The summed E-state index contributed by atoms with van der Waals surface area (Å²) in [5.74, 6) is 0.912. The van der Waals surface area contributed by atoms with E-state index in [4.69, 9.17) is 4.98 Å². The van der Waals surface area contributed by atoms with Crippen LogP contribution in [0.5, 0.6) is 0 Å². The molecule has 1 atom stereocenters. The fourth-order valence-corrected chi connectivity index (χ4v) is 6.91. The molecule has 0 aliphatic heterocycles. The number of fused-ring (bicyclic) bond motifs is 4. The molecule has 2 aromatic heterocycles. The summed E-state index contributed by atoms with van der Waals surface area (Å²) in [7, 11) is 4.45. The van der Waals surface area contributed by atoms with E-state index < -0.39 is 0 Å². The number of aliphatic hydroxyl groups is 1. The highest BCUT2D eigenvalue weighted by molar-refractivity contribution is 5.81. The van der Waals surface area contributed by atoms with Crippen LogP contribution in [0.3, 0.4) is 0 Å². The molecule has 2 bridgehead atoms. The van der Waals surface area contributed by atoms with E-state index in [0.717, 1.165) is 49.7 Å². The molecule has 6 rings (SSSR count). The SMILES string of the molecule is CC[C@H](C)Nc1ncc2c(=O)n(CC34CCC(N(C)C)(CC3)CC4)cc([C@H]3CC[C@H](O)CC3)c2n1. The Hall–Kier alpha value is -1.99. The summed E-state index contributed by atoms with van der Waals surface area (Å²) < 4.78 is 2.00. The molecule has 4 aliphatic carbocycles. The predicted molar refractivity (Wildman–Crippen MR) is 141 cm³/mol. The number of nitrogens with one attached hydrogen (secondary N) is 1. The summed E-state index contributed by atoms with van der Waals surface area (Å²) in [4.78, 5) is 25.6. The molecule has 0 spiro atoms. The molecule has 4 saturated carbocycles. The van der Waals surface area contributed by atoms with E-state index in [1.807, 2.05) is 4.57 Å². The molecule has 0 aromatic carbocycles. The minimum Gasteiger partial charge on any atom is -0.393 e. The zero-order chi connectivity index (χ0) is 24.8. The molecular formula is C28H43N5O2. The second-order valence-electron chi connectivity index (χ2n) is 12.1. The molecular weight excluding hydrogens is 438 g/mol. The lowest BCUT2D eigenvalue weighted by Crippen LogP contribution is -2.55. The Morgan fingerprint density at radius 1 is 1.14 bits per heavy atom. The lowest BCUT2D eigenvalue weighted by Gasteiger charge is -2.56. The first-order chi connectivity index (χ1) is 16.7. The normalized spacial score (nSPS) is 31.7. The maximum Gasteiger partial charge on any atom is 0.261 e. The minimum atomic E-state index is -0.207. The molecule has 192 valence electrons. The van der Waals surface area contributed by atoms with Crippen molar-refractivity contribution < 1.29 is 5.11 Å². The van der Waals surface area contributed by atoms with Crippen LogP contribution in [0.15, 0.2) is 17.2 Å². The molecule has 4 fully saturated rings. The van der Waals surface area contributed by atoms with Crippen molar-refractivity contribution >= 4 is 16.9 Å². The highest BCUT2D eigenvalue weighted by Gasteiger charge is 2.49. The molecule has 0 saturated heterocycles. The lowest BCUT2D eigenvalue weighted by molar-refractivity contribution is -0.0408. The van der Waals surface area contributed by atoms with E-state index in [2.05, 4.69) is 49.3 Å². The van der Waals surface area contributed by atoms with Crippen LogP contribution in [-0.4, -0.2) is 56.3 Å². The molecule has 0 radical (unpaired) electrons. The highest BCUT2D eigenvalue weighted by atomic mass is 16.3. The quantitative estimate of drug-likeness (QED) is 0.598. The number of anilines is 1. The first-order valence-corrected chi connectivity index (χ1v) is 13.8. The van der Waals surface area contributed by atoms with E-state index in [0.29, 0.717) is 22.8 Å². The number of hydrogen-bond acceptors (Lipinski definition) is 6. The first kappa shape index (κ1) is 24.7. The van der Waals surface area contributed by atoms with Crippen LogP contribution in [0, 0.1) is 5.41 Å². The summed E-state index contributed by atoms with van der Waals surface area (Å²) in [6.45, 7) is 5.04. The van der Waals surface area contributed by atoms with Crippen LogP contribution >= 0.6 is 0 Å². The number of rotatable bonds is 7. The van der Waals surface area contributed by atoms with Crippen LogP contribution in [0.2, 0.25) is 0 Å². The van der Waals surface area contributed by atoms with Gasteiger partial charge in [-0.3, -0.25) is 4.79 Å². The van der Waals surface area contributed by atoms with Crippen molar-refractivity contribution in [2.75, 3.05) is 19.4 Å². The van der Waals surface area contributed by atoms with Gasteiger partial charge >= 0.3 is 0 Å². The average Bonchev–Trinajstić information content (AvgIpc) is 2.87. The molecule has 0 amide bonds. The maximum atomic E-state index is 13.7. The topological polar surface area (TPSA) is 83.3 Å². The van der Waals surface area contributed by atoms with E-state index in [9.17, 15) is 9.90 Å². The Labute approximate surface area is 209 Å². The smallest absolute Gasteiger partial charge is 0.261 e. The maximum absolute atomic E-state index is 13.7. The van der Waals surface area contributed by atoms with Crippen LogP contribution in [0.1, 0.15) is 96.0 Å². The Bertz CT molecular complexity index is 1090. The van der Waals surface area contributed by atoms with E-state index >= 15 is 0 Å². The van der Waals surface area contributed by atoms with Gasteiger partial charge in [-0.25, -0.2) is 9.97 Å². The van der Waals surface area contributed by atoms with Crippen molar-refractivity contribution in [3.63, 3.8) is 0 Å². The van der Waals surface area contributed by atoms with Crippen LogP contribution in [-0.2, 0) is 6.54 Å². The van der Waals surface area contributed by atoms with Crippen LogP contribution in [0.4, 0.5) is 5.95 Å². The van der Waals surface area contributed by atoms with Gasteiger partial charge in [0.25, 0.3) is 5.56 Å². The van der Waals surface area contributed by atoms with Gasteiger partial charge in [0.1, 0.15) is 0 Å². The van der Waals surface area contributed by atoms with E-state index in [1.54, 1.807) is 6.20 Å². The summed E-state index contributed by atoms with van der Waals surface area (Å²) in [6, 6.07) is 0.270. The van der Waals surface area contributed by atoms with Crippen molar-refractivity contribution in [1.82, 2.24) is 19.4 Å². The van der Waals surface area contributed by atoms with Crippen molar-refractivity contribution in [3.05, 3.63) is 28.3 Å². The number of aliphatic hydroxyl groups excluding tert-OH is 1. The van der Waals surface area contributed by atoms with Gasteiger partial charge in [-0.1, -0.05) is 6.92 Å². The first-order valence-electron chi connectivity index (χ1n) is 13.8. The largest absolute Gasteiger partial charge is 0.393 e. The van der Waals surface area contributed by atoms with E-state index in [-0.39, 0.29) is 23.1 Å². The molecule has 2 heterocycles. The Balaban J connectivity index is 1.52. The summed E-state index contributed by atoms with van der Waals surface area (Å²) in [5.41, 5.74) is 2.57. The number of nitrogens with zero attached hydrogens (tertiary/aromatic N) is 4. The summed E-state index contributed by atoms with van der Waals surface area (Å²) in [6.07, 6.45) is 15.4. The van der Waals surface area contributed by atoms with Gasteiger partial charge in [0.2, 0.25) is 5.95 Å².